The van der Waals surface area contributed by atoms with Crippen LogP contribution in [0.5, 0.6) is 0 Å². The fraction of sp³-hybridized carbons (Fsp3) is 0. The van der Waals surface area contributed by atoms with Gasteiger partial charge in [-0.15, -0.1) is 0 Å². The van der Waals surface area contributed by atoms with Gasteiger partial charge in [-0.1, -0.05) is 388 Å². The zero-order chi connectivity index (χ0) is 90.4. The predicted molar refractivity (Wildman–Crippen MR) is 568 cm³/mol. The van der Waals surface area contributed by atoms with Crippen molar-refractivity contribution in [2.75, 3.05) is 0 Å². The number of hydrogen-bond donors (Lipinski definition) is 0. The standard InChI is InChI=1S/C47H30N4.C44H27N5.C35H22N2/c1-3-15-33(16-4-1)45-48-46(34-17-5-2-6-18-34)50-47(49-45)37-21-11-19-35(29-37)36-20-12-22-38(30-36)51-41-27-25-31-13-7-9-23-39(31)43(41)44-40-24-10-8-14-32(40)26-28-42(44)51;1-2-13-31(14-3-1)42-46-43(33-19-18-28-10-4-5-15-32(28)26-33)48-44(47-42)34-22-25-39(45-27-34)49-37-23-20-29-11-6-8-16-35(29)40(37)41-36-17-9-7-12-30(36)21-24-38(41)49;1-2-10-23(11-3-1)29-22-33(36-30-17-9-8-16-28(29)30)37-31-20-18-24-12-4-6-14-26(24)34(31)35-27-15-7-5-13-25(27)19-21-32(35)37/h1-30H;1-27H;1-22H. The molecule has 21 aromatic carbocycles. The second-order valence-electron chi connectivity index (χ2n) is 34.8. The minimum atomic E-state index is 0.579. The van der Waals surface area contributed by atoms with Crippen LogP contribution in [0.4, 0.5) is 0 Å². The van der Waals surface area contributed by atoms with E-state index >= 15 is 0 Å². The van der Waals surface area contributed by atoms with E-state index in [1.165, 1.54) is 136 Å². The fourth-order valence-electron chi connectivity index (χ4n) is 20.5. The first-order valence-electron chi connectivity index (χ1n) is 46.3. The van der Waals surface area contributed by atoms with Crippen molar-refractivity contribution in [3.63, 3.8) is 0 Å². The number of rotatable bonds is 11. The first-order chi connectivity index (χ1) is 67.9. The van der Waals surface area contributed by atoms with Gasteiger partial charge in [0.1, 0.15) is 11.6 Å². The third-order valence-corrected chi connectivity index (χ3v) is 26.8. The van der Waals surface area contributed by atoms with Crippen molar-refractivity contribution in [1.29, 1.82) is 0 Å². The number of para-hydroxylation sites is 1. The van der Waals surface area contributed by atoms with Gasteiger partial charge in [-0.25, -0.2) is 39.9 Å². The summed E-state index contributed by atoms with van der Waals surface area (Å²) in [6.45, 7) is 0. The van der Waals surface area contributed by atoms with E-state index < -0.39 is 0 Å². The lowest BCUT2D eigenvalue weighted by molar-refractivity contribution is 1.05. The van der Waals surface area contributed by atoms with E-state index in [1.54, 1.807) is 0 Å². The summed E-state index contributed by atoms with van der Waals surface area (Å²) < 4.78 is 7.04. The normalized spacial score (nSPS) is 11.6. The Kier molecular flexibility index (Phi) is 19.3. The van der Waals surface area contributed by atoms with E-state index in [4.69, 9.17) is 39.9 Å². The number of hydrogen-bond acceptors (Lipinski definition) is 8. The summed E-state index contributed by atoms with van der Waals surface area (Å²) >= 11 is 0. The van der Waals surface area contributed by atoms with Crippen molar-refractivity contribution in [3.05, 3.63) is 479 Å². The van der Waals surface area contributed by atoms with Crippen LogP contribution in [0.15, 0.2) is 479 Å². The van der Waals surface area contributed by atoms with Gasteiger partial charge in [0.15, 0.2) is 34.9 Å². The molecule has 28 aromatic rings. The average molecular weight is 1750 g/mol. The molecular weight excluding hydrogens is 1670 g/mol. The third-order valence-electron chi connectivity index (χ3n) is 26.8. The molecule has 0 atom stereocenters. The Morgan fingerprint density at radius 1 is 0.153 bits per heavy atom. The molecule has 0 saturated heterocycles. The van der Waals surface area contributed by atoms with Crippen molar-refractivity contribution in [3.8, 4) is 108 Å². The van der Waals surface area contributed by atoms with Gasteiger partial charge in [-0.2, -0.15) is 0 Å². The highest BCUT2D eigenvalue weighted by Crippen LogP contribution is 2.47. The Labute approximate surface area is 787 Å². The van der Waals surface area contributed by atoms with Gasteiger partial charge in [0, 0.05) is 83.0 Å². The molecule has 0 fully saturated rings. The van der Waals surface area contributed by atoms with E-state index in [1.807, 2.05) is 97.2 Å². The first-order valence-corrected chi connectivity index (χ1v) is 46.3. The SMILES string of the molecule is c1ccc(-c2cc(-n3c4ccc5ccccc5c4c4c5ccccc5ccc43)nc3ccccc23)cc1.c1ccc(-c2nc(-c3ccc(-n4c5ccc6ccccc6c5c5c6ccccc6ccc54)nc3)nc(-c3ccc4ccccc4c3)n2)cc1.c1ccc(-c2nc(-c3ccccc3)nc(-c3cccc(-c4cccc(-n5c6ccc7ccccc7c6c6c7ccccc7ccc65)c4)c3)n2)cc1. The predicted octanol–water partition coefficient (Wildman–Crippen LogP) is 32.1. The Morgan fingerprint density at radius 2 is 0.445 bits per heavy atom. The van der Waals surface area contributed by atoms with Crippen LogP contribution in [0.1, 0.15) is 0 Å². The lowest BCUT2D eigenvalue weighted by atomic mass is 10.00. The van der Waals surface area contributed by atoms with Gasteiger partial charge in [0.2, 0.25) is 0 Å². The lowest BCUT2D eigenvalue weighted by Gasteiger charge is -2.13. The van der Waals surface area contributed by atoms with Crippen molar-refractivity contribution in [2.24, 2.45) is 0 Å². The molecule has 7 heterocycles. The quantitative estimate of drug-likeness (QED) is 0.126. The van der Waals surface area contributed by atoms with Crippen LogP contribution in [-0.4, -0.2) is 53.6 Å². The summed E-state index contributed by atoms with van der Waals surface area (Å²) in [7, 11) is 0. The highest BCUT2D eigenvalue weighted by atomic mass is 15.1. The summed E-state index contributed by atoms with van der Waals surface area (Å²) in [5.74, 6) is 5.54. The first kappa shape index (κ1) is 79.4. The molecule has 28 rings (SSSR count). The van der Waals surface area contributed by atoms with E-state index in [0.29, 0.717) is 34.9 Å². The molecule has 638 valence electrons. The number of aromatic nitrogens is 11. The summed E-state index contributed by atoms with van der Waals surface area (Å²) in [5.41, 5.74) is 19.2. The van der Waals surface area contributed by atoms with Crippen molar-refractivity contribution in [1.82, 2.24) is 53.6 Å². The van der Waals surface area contributed by atoms with Gasteiger partial charge < -0.3 is 4.57 Å². The number of pyridine rings is 2. The molecule has 137 heavy (non-hydrogen) atoms. The molecule has 0 aliphatic carbocycles. The molecule has 0 amide bonds. The molecule has 0 N–H and O–H groups in total. The molecule has 0 bridgehead atoms. The summed E-state index contributed by atoms with van der Waals surface area (Å²) in [4.78, 5) is 40.0. The minimum Gasteiger partial charge on any atom is -0.309 e. The number of benzene rings is 21. The highest BCUT2D eigenvalue weighted by Gasteiger charge is 2.25. The highest BCUT2D eigenvalue weighted by molar-refractivity contribution is 6.31. The summed E-state index contributed by atoms with van der Waals surface area (Å²) in [6, 6.07) is 167. The van der Waals surface area contributed by atoms with E-state index in [0.717, 1.165) is 89.2 Å². The van der Waals surface area contributed by atoms with Gasteiger partial charge in [-0.05, 0) is 183 Å². The van der Waals surface area contributed by atoms with Gasteiger partial charge in [0.25, 0.3) is 0 Å². The molecule has 0 radical (unpaired) electrons. The Bertz CT molecular complexity index is 9340. The van der Waals surface area contributed by atoms with Crippen molar-refractivity contribution in [2.45, 2.75) is 0 Å². The Balaban J connectivity index is 0.000000108. The molecule has 0 aliphatic heterocycles. The van der Waals surface area contributed by atoms with Crippen LogP contribution < -0.4 is 0 Å². The monoisotopic (exact) mass is 1750 g/mol. The maximum Gasteiger partial charge on any atom is 0.165 e. The third kappa shape index (κ3) is 14.0. The number of fused-ring (bicyclic) bond motifs is 23. The van der Waals surface area contributed by atoms with Gasteiger partial charge >= 0.3 is 0 Å². The molecule has 7 aromatic heterocycles. The summed E-state index contributed by atoms with van der Waals surface area (Å²) in [6.07, 6.45) is 1.88. The van der Waals surface area contributed by atoms with Gasteiger partial charge in [-0.3, -0.25) is 9.13 Å². The van der Waals surface area contributed by atoms with Crippen LogP contribution in [0.2, 0.25) is 0 Å². The maximum atomic E-state index is 5.23. The van der Waals surface area contributed by atoms with Crippen molar-refractivity contribution < 1.29 is 0 Å². The summed E-state index contributed by atoms with van der Waals surface area (Å²) in [5, 5.41) is 26.0. The van der Waals surface area contributed by atoms with Crippen LogP contribution in [0.3, 0.4) is 0 Å². The van der Waals surface area contributed by atoms with E-state index in [2.05, 4.69) is 396 Å². The topological polar surface area (TPSA) is 118 Å². The Morgan fingerprint density at radius 3 is 0.854 bits per heavy atom. The molecule has 11 heteroatoms. The average Bonchev–Trinajstić information content (AvgIpc) is 1.57. The zero-order valence-corrected chi connectivity index (χ0v) is 74.0. The molecule has 11 nitrogen and oxygen atoms in total. The number of nitrogens with zero attached hydrogens (tertiary/aromatic N) is 11. The van der Waals surface area contributed by atoms with E-state index in [-0.39, 0.29) is 0 Å². The largest absolute Gasteiger partial charge is 0.309 e. The van der Waals surface area contributed by atoms with Gasteiger partial charge in [0.05, 0.1) is 38.6 Å². The molecule has 0 spiro atoms. The Hall–Kier alpha value is -18.6. The van der Waals surface area contributed by atoms with Crippen LogP contribution in [0.25, 0.3) is 260 Å². The lowest BCUT2D eigenvalue weighted by Crippen LogP contribution is -2.01. The minimum absolute atomic E-state index is 0.579. The fourth-order valence-corrected chi connectivity index (χ4v) is 20.5. The van der Waals surface area contributed by atoms with Crippen LogP contribution in [-0.2, 0) is 0 Å². The smallest absolute Gasteiger partial charge is 0.165 e. The zero-order valence-electron chi connectivity index (χ0n) is 74.0. The molecule has 0 aliphatic rings. The van der Waals surface area contributed by atoms with Crippen molar-refractivity contribution >= 4 is 152 Å². The van der Waals surface area contributed by atoms with Crippen LogP contribution >= 0.6 is 0 Å². The second kappa shape index (κ2) is 33.4. The maximum absolute atomic E-state index is 5.23. The molecular formula is C126H79N11. The molecule has 0 unspecified atom stereocenters. The molecule has 0 saturated carbocycles. The van der Waals surface area contributed by atoms with Crippen LogP contribution in [0, 0.1) is 0 Å². The second-order valence-corrected chi connectivity index (χ2v) is 34.8. The van der Waals surface area contributed by atoms with E-state index in [9.17, 15) is 0 Å².